The van der Waals surface area contributed by atoms with Crippen molar-refractivity contribution in [3.05, 3.63) is 12.7 Å². The minimum Gasteiger partial charge on any atom is -0.459 e. The molecule has 2 rings (SSSR count). The van der Waals surface area contributed by atoms with Crippen LogP contribution in [0.4, 0.5) is 0 Å². The summed E-state index contributed by atoms with van der Waals surface area (Å²) >= 11 is 0. The molecule has 2 fully saturated rings. The van der Waals surface area contributed by atoms with Gasteiger partial charge in [0.2, 0.25) is 0 Å². The number of esters is 1. The van der Waals surface area contributed by atoms with Crippen molar-refractivity contribution in [3.63, 3.8) is 0 Å². The van der Waals surface area contributed by atoms with E-state index in [1.54, 1.807) is 0 Å². The Morgan fingerprint density at radius 3 is 2.38 bits per heavy atom. The Balaban J connectivity index is 2.05. The van der Waals surface area contributed by atoms with Gasteiger partial charge in [-0.1, -0.05) is 32.3 Å². The van der Waals surface area contributed by atoms with Crippen molar-refractivity contribution in [1.82, 2.24) is 0 Å². The van der Waals surface area contributed by atoms with Crippen molar-refractivity contribution in [2.75, 3.05) is 0 Å². The Labute approximate surface area is 98.1 Å². The van der Waals surface area contributed by atoms with Gasteiger partial charge in [-0.05, 0) is 32.1 Å². The number of hydrogen-bond donors (Lipinski definition) is 0. The molecule has 2 aliphatic carbocycles. The zero-order valence-electron chi connectivity index (χ0n) is 10.0. The van der Waals surface area contributed by atoms with Crippen LogP contribution in [0.1, 0.15) is 57.8 Å². The van der Waals surface area contributed by atoms with Gasteiger partial charge in [0.25, 0.3) is 0 Å². The van der Waals surface area contributed by atoms with Crippen LogP contribution in [-0.2, 0) is 9.53 Å². The molecular formula is C14H22O2. The van der Waals surface area contributed by atoms with E-state index in [9.17, 15) is 4.79 Å². The average molecular weight is 222 g/mol. The van der Waals surface area contributed by atoms with E-state index in [-0.39, 0.29) is 12.1 Å². The number of hydrogen-bond acceptors (Lipinski definition) is 2. The van der Waals surface area contributed by atoms with E-state index in [0.29, 0.717) is 5.41 Å². The first-order valence-electron chi connectivity index (χ1n) is 6.60. The van der Waals surface area contributed by atoms with Crippen molar-refractivity contribution < 1.29 is 9.53 Å². The van der Waals surface area contributed by atoms with Gasteiger partial charge in [-0.2, -0.15) is 0 Å². The van der Waals surface area contributed by atoms with E-state index < -0.39 is 0 Å². The molecule has 2 saturated carbocycles. The highest BCUT2D eigenvalue weighted by Crippen LogP contribution is 2.49. The number of rotatable bonds is 2. The van der Waals surface area contributed by atoms with Gasteiger partial charge in [-0.15, -0.1) is 0 Å². The SMILES string of the molecule is C=CC(=O)OC1CCCC12CCCCCC2. The normalized spacial score (nSPS) is 28.6. The Morgan fingerprint density at radius 2 is 1.75 bits per heavy atom. The summed E-state index contributed by atoms with van der Waals surface area (Å²) in [6.07, 6.45) is 12.8. The van der Waals surface area contributed by atoms with Crippen LogP contribution in [0.5, 0.6) is 0 Å². The summed E-state index contributed by atoms with van der Waals surface area (Å²) in [6.45, 7) is 3.48. The Morgan fingerprint density at radius 1 is 1.12 bits per heavy atom. The van der Waals surface area contributed by atoms with Gasteiger partial charge >= 0.3 is 5.97 Å². The molecule has 2 aliphatic rings. The summed E-state index contributed by atoms with van der Waals surface area (Å²) in [5.74, 6) is -0.240. The maximum absolute atomic E-state index is 11.3. The third kappa shape index (κ3) is 2.31. The van der Waals surface area contributed by atoms with Crippen LogP contribution in [-0.4, -0.2) is 12.1 Å². The molecule has 2 heteroatoms. The zero-order chi connectivity index (χ0) is 11.4. The fourth-order valence-corrected chi connectivity index (χ4v) is 3.48. The first-order chi connectivity index (χ1) is 7.77. The van der Waals surface area contributed by atoms with Gasteiger partial charge < -0.3 is 4.74 Å². The highest BCUT2D eigenvalue weighted by Gasteiger charge is 2.44. The topological polar surface area (TPSA) is 26.3 Å². The van der Waals surface area contributed by atoms with E-state index in [1.807, 2.05) is 0 Å². The summed E-state index contributed by atoms with van der Waals surface area (Å²) in [4.78, 5) is 11.3. The molecule has 0 amide bonds. The number of carbonyl (C=O) groups is 1. The predicted octanol–water partition coefficient (Wildman–Crippen LogP) is 3.61. The van der Waals surface area contributed by atoms with Gasteiger partial charge in [0.1, 0.15) is 6.10 Å². The molecule has 0 aromatic rings. The summed E-state index contributed by atoms with van der Waals surface area (Å²) in [5.41, 5.74) is 0.315. The van der Waals surface area contributed by atoms with Gasteiger partial charge in [0.05, 0.1) is 0 Å². The highest BCUT2D eigenvalue weighted by molar-refractivity contribution is 5.81. The van der Waals surface area contributed by atoms with Crippen LogP contribution in [0, 0.1) is 5.41 Å². The smallest absolute Gasteiger partial charge is 0.330 e. The second-order valence-electron chi connectivity index (χ2n) is 5.30. The van der Waals surface area contributed by atoms with E-state index in [2.05, 4.69) is 6.58 Å². The standard InChI is InChI=1S/C14H22O2/c1-2-13(15)16-12-8-7-11-14(12)9-5-3-4-6-10-14/h2,12H,1,3-11H2. The lowest BCUT2D eigenvalue weighted by Crippen LogP contribution is -2.33. The van der Waals surface area contributed by atoms with Crippen molar-refractivity contribution in [1.29, 1.82) is 0 Å². The summed E-state index contributed by atoms with van der Waals surface area (Å²) in [6, 6.07) is 0. The molecule has 0 aromatic heterocycles. The number of ether oxygens (including phenoxy) is 1. The zero-order valence-corrected chi connectivity index (χ0v) is 10.0. The van der Waals surface area contributed by atoms with E-state index in [0.717, 1.165) is 6.42 Å². The first-order valence-corrected chi connectivity index (χ1v) is 6.60. The van der Waals surface area contributed by atoms with E-state index in [4.69, 9.17) is 4.74 Å². The van der Waals surface area contributed by atoms with Crippen molar-refractivity contribution in [2.45, 2.75) is 63.9 Å². The molecule has 1 spiro atoms. The maximum atomic E-state index is 11.3. The second-order valence-corrected chi connectivity index (χ2v) is 5.30. The van der Waals surface area contributed by atoms with Gasteiger partial charge in [-0.3, -0.25) is 0 Å². The summed E-state index contributed by atoms with van der Waals surface area (Å²) < 4.78 is 5.55. The Hall–Kier alpha value is -0.790. The molecule has 0 N–H and O–H groups in total. The molecule has 16 heavy (non-hydrogen) atoms. The lowest BCUT2D eigenvalue weighted by molar-refractivity contribution is -0.149. The monoisotopic (exact) mass is 222 g/mol. The lowest BCUT2D eigenvalue weighted by Gasteiger charge is -2.33. The summed E-state index contributed by atoms with van der Waals surface area (Å²) in [5, 5.41) is 0. The molecule has 2 nitrogen and oxygen atoms in total. The molecule has 0 aromatic carbocycles. The molecule has 1 unspecified atom stereocenters. The van der Waals surface area contributed by atoms with Crippen LogP contribution < -0.4 is 0 Å². The number of carbonyl (C=O) groups excluding carboxylic acids is 1. The minimum absolute atomic E-state index is 0.163. The lowest BCUT2D eigenvalue weighted by atomic mass is 9.77. The molecule has 1 atom stereocenters. The first kappa shape index (κ1) is 11.7. The Kier molecular flexibility index (Phi) is 3.67. The van der Waals surface area contributed by atoms with Crippen LogP contribution in [0.15, 0.2) is 12.7 Å². The predicted molar refractivity (Wildman–Crippen MR) is 64.1 cm³/mol. The van der Waals surface area contributed by atoms with E-state index >= 15 is 0 Å². The van der Waals surface area contributed by atoms with Crippen molar-refractivity contribution >= 4 is 5.97 Å². The Bertz CT molecular complexity index is 262. The molecule has 0 saturated heterocycles. The van der Waals surface area contributed by atoms with E-state index in [1.165, 1.54) is 57.4 Å². The van der Waals surface area contributed by atoms with Crippen molar-refractivity contribution in [3.8, 4) is 0 Å². The molecule has 0 aliphatic heterocycles. The molecule has 0 bridgehead atoms. The summed E-state index contributed by atoms with van der Waals surface area (Å²) in [7, 11) is 0. The quantitative estimate of drug-likeness (QED) is 0.527. The molecule has 90 valence electrons. The van der Waals surface area contributed by atoms with Crippen LogP contribution >= 0.6 is 0 Å². The van der Waals surface area contributed by atoms with Crippen molar-refractivity contribution in [2.24, 2.45) is 5.41 Å². The maximum Gasteiger partial charge on any atom is 0.330 e. The van der Waals surface area contributed by atoms with Crippen LogP contribution in [0.3, 0.4) is 0 Å². The molecular weight excluding hydrogens is 200 g/mol. The van der Waals surface area contributed by atoms with Crippen LogP contribution in [0.2, 0.25) is 0 Å². The van der Waals surface area contributed by atoms with Gasteiger partial charge in [-0.25, -0.2) is 4.79 Å². The molecule has 0 radical (unpaired) electrons. The fraction of sp³-hybridized carbons (Fsp3) is 0.786. The van der Waals surface area contributed by atoms with Gasteiger partial charge in [0.15, 0.2) is 0 Å². The third-order valence-corrected chi connectivity index (χ3v) is 4.35. The second kappa shape index (κ2) is 5.03. The highest BCUT2D eigenvalue weighted by atomic mass is 16.5. The van der Waals surface area contributed by atoms with Crippen LogP contribution in [0.25, 0.3) is 0 Å². The average Bonchev–Trinajstić information content (AvgIpc) is 2.52. The third-order valence-electron chi connectivity index (χ3n) is 4.35. The largest absolute Gasteiger partial charge is 0.459 e. The van der Waals surface area contributed by atoms with Gasteiger partial charge in [0, 0.05) is 11.5 Å². The molecule has 0 heterocycles. The minimum atomic E-state index is -0.240. The fourth-order valence-electron chi connectivity index (χ4n) is 3.48.